The van der Waals surface area contributed by atoms with Crippen molar-refractivity contribution in [3.05, 3.63) is 29.8 Å². The zero-order chi connectivity index (χ0) is 21.6. The van der Waals surface area contributed by atoms with Crippen LogP contribution in [0.4, 0.5) is 0 Å². The highest BCUT2D eigenvalue weighted by atomic mass is 16.5. The fourth-order valence-corrected chi connectivity index (χ4v) is 2.87. The Bertz CT molecular complexity index is 629. The number of rotatable bonds is 12. The molecule has 2 N–H and O–H groups in total. The van der Waals surface area contributed by atoms with E-state index >= 15 is 0 Å². The maximum atomic E-state index is 11.7. The molecule has 0 aliphatic heterocycles. The number of hydrogen-bond acceptors (Lipinski definition) is 4. The largest absolute Gasteiger partial charge is 0.484 e. The molecule has 0 saturated carbocycles. The molecule has 0 fully saturated rings. The van der Waals surface area contributed by atoms with Gasteiger partial charge >= 0.3 is 0 Å². The molecule has 1 unspecified atom stereocenters. The van der Waals surface area contributed by atoms with Crippen molar-refractivity contribution in [3.63, 3.8) is 0 Å². The SMILES string of the molecule is CCN(CC)CCCC(C)NC(=NC)NCc1cccc(OCC(=O)N(C)C)c1. The lowest BCUT2D eigenvalue weighted by Crippen LogP contribution is -2.42. The Kier molecular flexibility index (Phi) is 11.8. The van der Waals surface area contributed by atoms with Crippen molar-refractivity contribution >= 4 is 11.9 Å². The molecule has 0 aromatic heterocycles. The van der Waals surface area contributed by atoms with Crippen molar-refractivity contribution in [2.75, 3.05) is 47.4 Å². The van der Waals surface area contributed by atoms with Crippen LogP contribution in [-0.2, 0) is 11.3 Å². The van der Waals surface area contributed by atoms with Gasteiger partial charge in [-0.3, -0.25) is 9.79 Å². The molecule has 0 bridgehead atoms. The van der Waals surface area contributed by atoms with Gasteiger partial charge in [0.05, 0.1) is 0 Å². The van der Waals surface area contributed by atoms with Crippen molar-refractivity contribution in [1.29, 1.82) is 0 Å². The molecule has 0 saturated heterocycles. The Labute approximate surface area is 176 Å². The fourth-order valence-electron chi connectivity index (χ4n) is 2.87. The summed E-state index contributed by atoms with van der Waals surface area (Å²) in [6.07, 6.45) is 2.26. The molecule has 164 valence electrons. The summed E-state index contributed by atoms with van der Waals surface area (Å²) in [6, 6.07) is 8.10. The number of carbonyl (C=O) groups is 1. The van der Waals surface area contributed by atoms with Gasteiger partial charge in [0.1, 0.15) is 5.75 Å². The molecule has 1 aromatic carbocycles. The van der Waals surface area contributed by atoms with Gasteiger partial charge in [0.2, 0.25) is 0 Å². The number of nitrogens with zero attached hydrogens (tertiary/aromatic N) is 3. The third-order valence-corrected chi connectivity index (χ3v) is 4.83. The van der Waals surface area contributed by atoms with Crippen molar-refractivity contribution in [2.24, 2.45) is 4.99 Å². The third kappa shape index (κ3) is 10.2. The summed E-state index contributed by atoms with van der Waals surface area (Å²) in [4.78, 5) is 20.0. The molecule has 1 atom stereocenters. The van der Waals surface area contributed by atoms with Gasteiger partial charge in [-0.15, -0.1) is 0 Å². The zero-order valence-electron chi connectivity index (χ0n) is 19.0. The molecule has 0 radical (unpaired) electrons. The average molecular weight is 406 g/mol. The smallest absolute Gasteiger partial charge is 0.259 e. The number of nitrogens with one attached hydrogen (secondary N) is 2. The summed E-state index contributed by atoms with van der Waals surface area (Å²) in [7, 11) is 5.22. The van der Waals surface area contributed by atoms with Gasteiger partial charge in [0, 0.05) is 33.7 Å². The van der Waals surface area contributed by atoms with Crippen molar-refractivity contribution in [2.45, 2.75) is 46.2 Å². The van der Waals surface area contributed by atoms with Crippen LogP contribution in [0.5, 0.6) is 5.75 Å². The lowest BCUT2D eigenvalue weighted by Gasteiger charge is -2.21. The highest BCUT2D eigenvalue weighted by Gasteiger charge is 2.08. The van der Waals surface area contributed by atoms with E-state index in [-0.39, 0.29) is 12.5 Å². The van der Waals surface area contributed by atoms with Crippen LogP contribution in [0, 0.1) is 0 Å². The highest BCUT2D eigenvalue weighted by molar-refractivity contribution is 5.80. The summed E-state index contributed by atoms with van der Waals surface area (Å²) in [5.41, 5.74) is 1.07. The van der Waals surface area contributed by atoms with Crippen LogP contribution < -0.4 is 15.4 Å². The number of hydrogen-bond donors (Lipinski definition) is 2. The van der Waals surface area contributed by atoms with E-state index in [0.29, 0.717) is 18.3 Å². The lowest BCUT2D eigenvalue weighted by atomic mass is 10.2. The Morgan fingerprint density at radius 2 is 1.97 bits per heavy atom. The summed E-state index contributed by atoms with van der Waals surface area (Å²) in [5.74, 6) is 1.41. The van der Waals surface area contributed by atoms with Gasteiger partial charge in [-0.25, -0.2) is 0 Å². The first-order valence-corrected chi connectivity index (χ1v) is 10.5. The first kappa shape index (κ1) is 24.8. The summed E-state index contributed by atoms with van der Waals surface area (Å²) >= 11 is 0. The van der Waals surface area contributed by atoms with E-state index in [2.05, 4.69) is 41.3 Å². The number of amides is 1. The zero-order valence-corrected chi connectivity index (χ0v) is 19.0. The normalized spacial score (nSPS) is 12.6. The quantitative estimate of drug-likeness (QED) is 0.413. The summed E-state index contributed by atoms with van der Waals surface area (Å²) in [5, 5.41) is 6.80. The Morgan fingerprint density at radius 3 is 2.59 bits per heavy atom. The van der Waals surface area contributed by atoms with E-state index < -0.39 is 0 Å². The fraction of sp³-hybridized carbons (Fsp3) is 0.636. The summed E-state index contributed by atoms with van der Waals surface area (Å²) < 4.78 is 5.58. The molecular weight excluding hydrogens is 366 g/mol. The molecule has 7 nitrogen and oxygen atoms in total. The number of likely N-dealkylation sites (N-methyl/N-ethyl adjacent to an activating group) is 1. The third-order valence-electron chi connectivity index (χ3n) is 4.83. The van der Waals surface area contributed by atoms with Crippen LogP contribution in [0.15, 0.2) is 29.3 Å². The van der Waals surface area contributed by atoms with Gasteiger partial charge < -0.3 is 25.2 Å². The van der Waals surface area contributed by atoms with Gasteiger partial charge in [-0.1, -0.05) is 26.0 Å². The topological polar surface area (TPSA) is 69.2 Å². The van der Waals surface area contributed by atoms with Gasteiger partial charge in [0.25, 0.3) is 5.91 Å². The van der Waals surface area contributed by atoms with Crippen LogP contribution in [0.1, 0.15) is 39.2 Å². The molecule has 0 heterocycles. The average Bonchev–Trinajstić information content (AvgIpc) is 2.72. The van der Waals surface area contributed by atoms with Crippen LogP contribution in [-0.4, -0.2) is 75.1 Å². The maximum absolute atomic E-state index is 11.7. The Balaban J connectivity index is 2.43. The molecule has 1 rings (SSSR count). The molecular formula is C22H39N5O2. The second kappa shape index (κ2) is 13.8. The first-order valence-electron chi connectivity index (χ1n) is 10.5. The Hall–Kier alpha value is -2.28. The van der Waals surface area contributed by atoms with Crippen LogP contribution in [0.3, 0.4) is 0 Å². The maximum Gasteiger partial charge on any atom is 0.259 e. The minimum absolute atomic E-state index is 0.0398. The summed E-state index contributed by atoms with van der Waals surface area (Å²) in [6.45, 7) is 10.6. The predicted molar refractivity (Wildman–Crippen MR) is 120 cm³/mol. The van der Waals surface area contributed by atoms with Crippen LogP contribution >= 0.6 is 0 Å². The second-order valence-electron chi connectivity index (χ2n) is 7.36. The highest BCUT2D eigenvalue weighted by Crippen LogP contribution is 2.13. The molecule has 29 heavy (non-hydrogen) atoms. The first-order chi connectivity index (χ1) is 13.9. The van der Waals surface area contributed by atoms with Crippen LogP contribution in [0.2, 0.25) is 0 Å². The molecule has 1 amide bonds. The van der Waals surface area contributed by atoms with E-state index in [1.165, 1.54) is 4.90 Å². The lowest BCUT2D eigenvalue weighted by molar-refractivity contribution is -0.130. The molecule has 7 heteroatoms. The molecule has 0 aliphatic carbocycles. The van der Waals surface area contributed by atoms with Gasteiger partial charge in [-0.2, -0.15) is 0 Å². The van der Waals surface area contributed by atoms with Crippen molar-refractivity contribution in [3.8, 4) is 5.75 Å². The van der Waals surface area contributed by atoms with E-state index in [4.69, 9.17) is 4.74 Å². The molecule has 0 aliphatic rings. The van der Waals surface area contributed by atoms with Crippen molar-refractivity contribution < 1.29 is 9.53 Å². The van der Waals surface area contributed by atoms with Crippen LogP contribution in [0.25, 0.3) is 0 Å². The number of aliphatic imine (C=N–C) groups is 1. The van der Waals surface area contributed by atoms with E-state index in [1.807, 2.05) is 24.3 Å². The second-order valence-corrected chi connectivity index (χ2v) is 7.36. The molecule has 0 spiro atoms. The minimum atomic E-state index is -0.0619. The molecule has 1 aromatic rings. The predicted octanol–water partition coefficient (Wildman–Crippen LogP) is 2.33. The van der Waals surface area contributed by atoms with E-state index in [1.54, 1.807) is 21.1 Å². The number of ether oxygens (including phenoxy) is 1. The number of guanidine groups is 1. The van der Waals surface area contributed by atoms with Crippen molar-refractivity contribution in [1.82, 2.24) is 20.4 Å². The minimum Gasteiger partial charge on any atom is -0.484 e. The van der Waals surface area contributed by atoms with Gasteiger partial charge in [-0.05, 0) is 57.1 Å². The monoisotopic (exact) mass is 405 g/mol. The van der Waals surface area contributed by atoms with E-state index in [9.17, 15) is 4.79 Å². The van der Waals surface area contributed by atoms with E-state index in [0.717, 1.165) is 44.0 Å². The number of benzene rings is 1. The Morgan fingerprint density at radius 1 is 1.24 bits per heavy atom. The standard InChI is InChI=1S/C22H39N5O2/c1-7-27(8-2)14-10-11-18(3)25-22(23-4)24-16-19-12-9-13-20(15-19)29-17-21(28)26(5)6/h9,12-13,15,18H,7-8,10-11,14,16-17H2,1-6H3,(H2,23,24,25). The number of carbonyl (C=O) groups excluding carboxylic acids is 1. The van der Waals surface area contributed by atoms with Gasteiger partial charge in [0.15, 0.2) is 12.6 Å².